The Bertz CT molecular complexity index is 633. The molecule has 0 aromatic heterocycles. The Kier molecular flexibility index (Phi) is 3.76. The molecule has 3 aliphatic rings. The predicted molar refractivity (Wildman–Crippen MR) is 99.4 cm³/mol. The molecule has 1 N–H and O–H groups in total. The fourth-order valence-electron chi connectivity index (χ4n) is 6.37. The van der Waals surface area contributed by atoms with Crippen LogP contribution in [0.3, 0.4) is 0 Å². The Morgan fingerprint density at radius 3 is 2.54 bits per heavy atom. The smallest absolute Gasteiger partial charge is 0.115 e. The van der Waals surface area contributed by atoms with E-state index in [4.69, 9.17) is 0 Å². The normalized spacial score (nSPS) is 34.2. The van der Waals surface area contributed by atoms with Crippen LogP contribution >= 0.6 is 0 Å². The van der Waals surface area contributed by atoms with Crippen LogP contribution in [-0.4, -0.2) is 30.1 Å². The van der Waals surface area contributed by atoms with Crippen molar-refractivity contribution in [3.8, 4) is 5.75 Å². The molecule has 3 atom stereocenters. The molecule has 3 aliphatic carbocycles. The molecule has 1 aromatic carbocycles. The molecule has 0 radical (unpaired) electrons. The lowest BCUT2D eigenvalue weighted by Crippen LogP contribution is -2.46. The monoisotopic (exact) mass is 327 g/mol. The molecule has 24 heavy (non-hydrogen) atoms. The minimum Gasteiger partial charge on any atom is -0.508 e. The van der Waals surface area contributed by atoms with E-state index in [1.54, 1.807) is 0 Å². The lowest BCUT2D eigenvalue weighted by Gasteiger charge is -2.45. The van der Waals surface area contributed by atoms with E-state index in [1.165, 1.54) is 56.3 Å². The number of benzene rings is 1. The minimum absolute atomic E-state index is 0.234. The van der Waals surface area contributed by atoms with Gasteiger partial charge in [0.05, 0.1) is 0 Å². The van der Waals surface area contributed by atoms with E-state index in [9.17, 15) is 5.11 Å². The van der Waals surface area contributed by atoms with E-state index < -0.39 is 0 Å². The Labute approximate surface area is 147 Å². The summed E-state index contributed by atoms with van der Waals surface area (Å²) in [4.78, 5) is 2.59. The zero-order valence-electron chi connectivity index (χ0n) is 15.8. The number of phenols is 1. The summed E-state index contributed by atoms with van der Waals surface area (Å²) >= 11 is 0. The van der Waals surface area contributed by atoms with Gasteiger partial charge in [-0.1, -0.05) is 26.8 Å². The summed E-state index contributed by atoms with van der Waals surface area (Å²) in [7, 11) is 2.32. The van der Waals surface area contributed by atoms with Crippen LogP contribution in [0.5, 0.6) is 5.75 Å². The molecule has 0 bridgehead atoms. The van der Waals surface area contributed by atoms with Crippen molar-refractivity contribution in [1.29, 1.82) is 0 Å². The van der Waals surface area contributed by atoms with E-state index >= 15 is 0 Å². The second-order valence-corrected chi connectivity index (χ2v) is 9.78. The molecule has 0 saturated heterocycles. The van der Waals surface area contributed by atoms with Crippen molar-refractivity contribution in [2.75, 3.05) is 20.1 Å². The highest BCUT2D eigenvalue weighted by Gasteiger charge is 2.59. The molecular weight excluding hydrogens is 294 g/mol. The highest BCUT2D eigenvalue weighted by atomic mass is 16.3. The number of hydrogen-bond acceptors (Lipinski definition) is 2. The fourth-order valence-corrected chi connectivity index (χ4v) is 6.37. The maximum absolute atomic E-state index is 10.2. The van der Waals surface area contributed by atoms with Gasteiger partial charge in [0.25, 0.3) is 0 Å². The average molecular weight is 328 g/mol. The molecule has 2 nitrogen and oxygen atoms in total. The Hall–Kier alpha value is -1.02. The maximum Gasteiger partial charge on any atom is 0.115 e. The first-order valence-electron chi connectivity index (χ1n) is 9.83. The second-order valence-electron chi connectivity index (χ2n) is 9.78. The van der Waals surface area contributed by atoms with Crippen molar-refractivity contribution in [2.24, 2.45) is 23.2 Å². The molecule has 2 heteroatoms. The lowest BCUT2D eigenvalue weighted by molar-refractivity contribution is 0.107. The van der Waals surface area contributed by atoms with Crippen LogP contribution in [0.4, 0.5) is 0 Å². The van der Waals surface area contributed by atoms with Gasteiger partial charge in [-0.25, -0.2) is 0 Å². The van der Waals surface area contributed by atoms with Crippen LogP contribution in [0, 0.1) is 23.2 Å². The summed E-state index contributed by atoms with van der Waals surface area (Å²) in [5.74, 6) is 2.84. The molecule has 2 unspecified atom stereocenters. The summed E-state index contributed by atoms with van der Waals surface area (Å²) in [6.07, 6.45) is 6.61. The first kappa shape index (κ1) is 16.4. The zero-order valence-corrected chi connectivity index (χ0v) is 15.8. The summed E-state index contributed by atoms with van der Waals surface area (Å²) in [5.41, 5.74) is 3.48. The molecule has 0 aliphatic heterocycles. The van der Waals surface area contributed by atoms with Gasteiger partial charge >= 0.3 is 0 Å². The quantitative estimate of drug-likeness (QED) is 0.873. The topological polar surface area (TPSA) is 23.5 Å². The summed E-state index contributed by atoms with van der Waals surface area (Å²) < 4.78 is 0. The first-order valence-corrected chi connectivity index (χ1v) is 9.83. The third-order valence-electron chi connectivity index (χ3n) is 7.27. The number of rotatable bonds is 4. The first-order chi connectivity index (χ1) is 11.3. The summed E-state index contributed by atoms with van der Waals surface area (Å²) in [6, 6.07) is 6.16. The largest absolute Gasteiger partial charge is 0.508 e. The molecule has 2 fully saturated rings. The Morgan fingerprint density at radius 2 is 1.92 bits per heavy atom. The van der Waals surface area contributed by atoms with Crippen molar-refractivity contribution in [1.82, 2.24) is 4.90 Å². The van der Waals surface area contributed by atoms with E-state index in [2.05, 4.69) is 44.9 Å². The molecular formula is C22H33NO. The van der Waals surface area contributed by atoms with Gasteiger partial charge in [0, 0.05) is 18.5 Å². The van der Waals surface area contributed by atoms with Gasteiger partial charge in [0.2, 0.25) is 0 Å². The predicted octanol–water partition coefficient (Wildman–Crippen LogP) is 4.60. The average Bonchev–Trinajstić information content (AvgIpc) is 3.18. The summed E-state index contributed by atoms with van der Waals surface area (Å²) in [5, 5.41) is 10.2. The SMILES string of the molecule is C[C@H]1CC(C)(C)C2(C1)c1cc(O)ccc1CC2CN(C)CC1CC1. The van der Waals surface area contributed by atoms with E-state index in [0.29, 0.717) is 17.1 Å². The number of fused-ring (bicyclic) bond motifs is 2. The van der Waals surface area contributed by atoms with Crippen molar-refractivity contribution < 1.29 is 5.11 Å². The standard InChI is InChI=1S/C22H33NO/c1-15-11-21(2,3)22(12-15)18(14-23(4)13-16-5-6-16)9-17-7-8-19(24)10-20(17)22/h7-8,10,15-16,18,24H,5-6,9,11-14H2,1-4H3/t15-,18?,22?/m0/s1. The van der Waals surface area contributed by atoms with Gasteiger partial charge in [0.15, 0.2) is 0 Å². The minimum atomic E-state index is 0.234. The number of aromatic hydroxyl groups is 1. The number of hydrogen-bond donors (Lipinski definition) is 1. The van der Waals surface area contributed by atoms with Crippen molar-refractivity contribution in [3.05, 3.63) is 29.3 Å². The fraction of sp³-hybridized carbons (Fsp3) is 0.727. The van der Waals surface area contributed by atoms with Crippen LogP contribution < -0.4 is 0 Å². The van der Waals surface area contributed by atoms with Crippen molar-refractivity contribution >= 4 is 0 Å². The molecule has 1 spiro atoms. The van der Waals surface area contributed by atoms with Crippen LogP contribution in [0.15, 0.2) is 18.2 Å². The maximum atomic E-state index is 10.2. The summed E-state index contributed by atoms with van der Waals surface area (Å²) in [6.45, 7) is 9.83. The number of nitrogens with zero attached hydrogens (tertiary/aromatic N) is 1. The van der Waals surface area contributed by atoms with Gasteiger partial charge in [0.1, 0.15) is 5.75 Å². The second kappa shape index (κ2) is 5.49. The van der Waals surface area contributed by atoms with E-state index in [-0.39, 0.29) is 5.41 Å². The third-order valence-corrected chi connectivity index (χ3v) is 7.27. The van der Waals surface area contributed by atoms with Gasteiger partial charge in [-0.05, 0) is 85.6 Å². The Balaban J connectivity index is 1.71. The van der Waals surface area contributed by atoms with Crippen LogP contribution in [0.1, 0.15) is 57.6 Å². The third kappa shape index (κ3) is 2.49. The molecule has 2 saturated carbocycles. The van der Waals surface area contributed by atoms with Crippen molar-refractivity contribution in [3.63, 3.8) is 0 Å². The van der Waals surface area contributed by atoms with Gasteiger partial charge in [-0.2, -0.15) is 0 Å². The highest BCUT2D eigenvalue weighted by molar-refractivity contribution is 5.48. The highest BCUT2D eigenvalue weighted by Crippen LogP contribution is 2.64. The van der Waals surface area contributed by atoms with Crippen molar-refractivity contribution in [2.45, 2.75) is 58.3 Å². The van der Waals surface area contributed by atoms with Crippen LogP contribution in [0.2, 0.25) is 0 Å². The van der Waals surface area contributed by atoms with E-state index in [1.807, 2.05) is 6.07 Å². The molecule has 132 valence electrons. The van der Waals surface area contributed by atoms with E-state index in [0.717, 1.165) is 11.8 Å². The van der Waals surface area contributed by atoms with Gasteiger partial charge < -0.3 is 10.0 Å². The lowest BCUT2D eigenvalue weighted by atomic mass is 9.60. The van der Waals surface area contributed by atoms with Gasteiger partial charge in [-0.15, -0.1) is 0 Å². The zero-order chi connectivity index (χ0) is 17.1. The van der Waals surface area contributed by atoms with Crippen LogP contribution in [0.25, 0.3) is 0 Å². The van der Waals surface area contributed by atoms with Crippen LogP contribution in [-0.2, 0) is 11.8 Å². The number of phenolic OH excluding ortho intramolecular Hbond substituents is 1. The molecule has 0 amide bonds. The molecule has 4 rings (SSSR count). The molecule has 1 aromatic rings. The molecule has 0 heterocycles. The van der Waals surface area contributed by atoms with Gasteiger partial charge in [-0.3, -0.25) is 0 Å². The Morgan fingerprint density at radius 1 is 1.17 bits per heavy atom.